The van der Waals surface area contributed by atoms with Crippen LogP contribution in [0.1, 0.15) is 43.1 Å². The van der Waals surface area contributed by atoms with Crippen molar-refractivity contribution >= 4 is 28.5 Å². The third-order valence-corrected chi connectivity index (χ3v) is 6.54. The largest absolute Gasteiger partial charge is 0.451 e. The zero-order chi connectivity index (χ0) is 23.0. The predicted molar refractivity (Wildman–Crippen MR) is 126 cm³/mol. The van der Waals surface area contributed by atoms with E-state index in [4.69, 9.17) is 4.42 Å². The van der Waals surface area contributed by atoms with E-state index < -0.39 is 5.54 Å². The summed E-state index contributed by atoms with van der Waals surface area (Å²) in [5.74, 6) is 2.59. The molecule has 0 unspecified atom stereocenters. The first-order valence-electron chi connectivity index (χ1n) is 11.6. The Bertz CT molecular complexity index is 1150. The molecule has 5 heterocycles. The Kier molecular flexibility index (Phi) is 5.65. The van der Waals surface area contributed by atoms with Gasteiger partial charge in [-0.1, -0.05) is 0 Å². The van der Waals surface area contributed by atoms with Crippen molar-refractivity contribution in [2.24, 2.45) is 0 Å². The van der Waals surface area contributed by atoms with E-state index in [2.05, 4.69) is 38.6 Å². The fourth-order valence-electron chi connectivity index (χ4n) is 4.88. The van der Waals surface area contributed by atoms with Crippen molar-refractivity contribution in [3.8, 4) is 0 Å². The molecule has 0 aromatic carbocycles. The highest BCUT2D eigenvalue weighted by molar-refractivity contribution is 5.99. The van der Waals surface area contributed by atoms with Gasteiger partial charge in [0.15, 0.2) is 5.76 Å². The van der Waals surface area contributed by atoms with Crippen molar-refractivity contribution in [1.29, 1.82) is 0 Å². The Hall–Kier alpha value is -3.20. The summed E-state index contributed by atoms with van der Waals surface area (Å²) in [4.78, 5) is 33.2. The second-order valence-electron chi connectivity index (χ2n) is 9.35. The Labute approximate surface area is 193 Å². The second kappa shape index (κ2) is 8.62. The van der Waals surface area contributed by atoms with E-state index in [0.717, 1.165) is 43.0 Å². The van der Waals surface area contributed by atoms with Gasteiger partial charge >= 0.3 is 0 Å². The highest BCUT2D eigenvalue weighted by Crippen LogP contribution is 2.32. The fraction of sp³-hybridized carbons (Fsp3) is 0.500. The van der Waals surface area contributed by atoms with Crippen molar-refractivity contribution in [2.75, 3.05) is 49.1 Å². The molecule has 0 bridgehead atoms. The van der Waals surface area contributed by atoms with Crippen LogP contribution in [0, 0.1) is 0 Å². The normalized spacial score (nSPS) is 18.3. The number of carbonyl (C=O) groups excluding carboxylic acids is 1. The van der Waals surface area contributed by atoms with Crippen LogP contribution in [0.5, 0.6) is 0 Å². The molecule has 0 radical (unpaired) electrons. The predicted octanol–water partition coefficient (Wildman–Crippen LogP) is 2.49. The van der Waals surface area contributed by atoms with Gasteiger partial charge in [-0.2, -0.15) is 0 Å². The number of aromatic nitrogens is 3. The first-order chi connectivity index (χ1) is 16.0. The molecular formula is C24H30N6O3. The van der Waals surface area contributed by atoms with Crippen molar-refractivity contribution in [3.05, 3.63) is 42.2 Å². The van der Waals surface area contributed by atoms with Crippen LogP contribution in [-0.2, 0) is 6.42 Å². The number of piperazine rings is 1. The van der Waals surface area contributed by atoms with Crippen molar-refractivity contribution < 1.29 is 14.3 Å². The molecule has 3 aromatic rings. The second-order valence-corrected chi connectivity index (χ2v) is 9.35. The molecule has 0 atom stereocenters. The lowest BCUT2D eigenvalue weighted by Gasteiger charge is -2.47. The summed E-state index contributed by atoms with van der Waals surface area (Å²) < 4.78 is 6.01. The monoisotopic (exact) mass is 450 g/mol. The van der Waals surface area contributed by atoms with Crippen LogP contribution < -0.4 is 9.80 Å². The molecule has 1 N–H and O–H groups in total. The van der Waals surface area contributed by atoms with E-state index in [-0.39, 0.29) is 12.5 Å². The summed E-state index contributed by atoms with van der Waals surface area (Å²) in [7, 11) is 0. The molecule has 9 heteroatoms. The molecule has 2 saturated heterocycles. The van der Waals surface area contributed by atoms with Crippen molar-refractivity contribution in [2.45, 2.75) is 38.6 Å². The SMILES string of the molecule is CC1(C)CN(c2ccnc(CCO)n2)CCN1C(=O)c1cc2c(N3CCCC3)nccc2o1. The lowest BCUT2D eigenvalue weighted by Crippen LogP contribution is -2.61. The molecular weight excluding hydrogens is 420 g/mol. The Morgan fingerprint density at radius 2 is 1.88 bits per heavy atom. The molecule has 5 rings (SSSR count). The zero-order valence-electron chi connectivity index (χ0n) is 19.2. The maximum atomic E-state index is 13.5. The van der Waals surface area contributed by atoms with Gasteiger partial charge in [0.05, 0.1) is 17.5 Å². The highest BCUT2D eigenvalue weighted by Gasteiger charge is 2.39. The summed E-state index contributed by atoms with van der Waals surface area (Å²) >= 11 is 0. The number of anilines is 2. The quantitative estimate of drug-likeness (QED) is 0.633. The van der Waals surface area contributed by atoms with E-state index in [0.29, 0.717) is 43.2 Å². The molecule has 2 aliphatic heterocycles. The van der Waals surface area contributed by atoms with Gasteiger partial charge in [-0.3, -0.25) is 4.79 Å². The zero-order valence-corrected chi connectivity index (χ0v) is 19.2. The molecule has 174 valence electrons. The minimum absolute atomic E-state index is 0.0176. The minimum atomic E-state index is -0.424. The van der Waals surface area contributed by atoms with Crippen LogP contribution in [0.15, 0.2) is 35.0 Å². The number of pyridine rings is 1. The third kappa shape index (κ3) is 4.13. The smallest absolute Gasteiger partial charge is 0.290 e. The van der Waals surface area contributed by atoms with Gasteiger partial charge in [0.1, 0.15) is 23.0 Å². The number of hydrogen-bond acceptors (Lipinski definition) is 8. The minimum Gasteiger partial charge on any atom is -0.451 e. The van der Waals surface area contributed by atoms with E-state index in [1.54, 1.807) is 12.4 Å². The number of carbonyl (C=O) groups is 1. The van der Waals surface area contributed by atoms with Gasteiger partial charge in [0, 0.05) is 57.6 Å². The Morgan fingerprint density at radius 1 is 1.09 bits per heavy atom. The van der Waals surface area contributed by atoms with Gasteiger partial charge in [-0.25, -0.2) is 15.0 Å². The van der Waals surface area contributed by atoms with Gasteiger partial charge < -0.3 is 24.2 Å². The first-order valence-corrected chi connectivity index (χ1v) is 11.6. The van der Waals surface area contributed by atoms with Crippen LogP contribution in [0.2, 0.25) is 0 Å². The number of aliphatic hydroxyl groups is 1. The third-order valence-electron chi connectivity index (χ3n) is 6.54. The van der Waals surface area contributed by atoms with Gasteiger partial charge in [-0.05, 0) is 38.8 Å². The summed E-state index contributed by atoms with van der Waals surface area (Å²) in [5.41, 5.74) is 0.274. The van der Waals surface area contributed by atoms with Crippen LogP contribution in [0.4, 0.5) is 11.6 Å². The molecule has 3 aromatic heterocycles. The lowest BCUT2D eigenvalue weighted by atomic mass is 9.98. The van der Waals surface area contributed by atoms with E-state index in [9.17, 15) is 9.90 Å². The maximum Gasteiger partial charge on any atom is 0.290 e. The average molecular weight is 451 g/mol. The molecule has 0 saturated carbocycles. The molecule has 0 aliphatic carbocycles. The van der Waals surface area contributed by atoms with Crippen LogP contribution in [0.3, 0.4) is 0 Å². The maximum absolute atomic E-state index is 13.5. The van der Waals surface area contributed by atoms with Gasteiger partial charge in [-0.15, -0.1) is 0 Å². The number of nitrogens with zero attached hydrogens (tertiary/aromatic N) is 6. The van der Waals surface area contributed by atoms with Crippen LogP contribution in [-0.4, -0.2) is 75.7 Å². The Morgan fingerprint density at radius 3 is 2.64 bits per heavy atom. The van der Waals surface area contributed by atoms with Gasteiger partial charge in [0.2, 0.25) is 0 Å². The summed E-state index contributed by atoms with van der Waals surface area (Å²) in [6.45, 7) is 7.96. The molecule has 2 fully saturated rings. The summed E-state index contributed by atoms with van der Waals surface area (Å²) in [6, 6.07) is 5.56. The average Bonchev–Trinajstić information content (AvgIpc) is 3.48. The summed E-state index contributed by atoms with van der Waals surface area (Å²) in [5, 5.41) is 10.1. The molecule has 1 amide bonds. The molecule has 9 nitrogen and oxygen atoms in total. The number of rotatable bonds is 5. The van der Waals surface area contributed by atoms with E-state index in [1.807, 2.05) is 23.1 Å². The summed E-state index contributed by atoms with van der Waals surface area (Å²) in [6.07, 6.45) is 6.22. The lowest BCUT2D eigenvalue weighted by molar-refractivity contribution is 0.0483. The standard InChI is InChI=1S/C24H30N6O3/c1-24(2)16-29(21-6-9-25-20(27-21)7-14-31)12-13-30(24)23(32)19-15-17-18(33-19)5-8-26-22(17)28-10-3-4-11-28/h5-6,8-9,15,31H,3-4,7,10-14,16H2,1-2H3. The number of furan rings is 1. The number of fused-ring (bicyclic) bond motifs is 1. The van der Waals surface area contributed by atoms with Crippen LogP contribution in [0.25, 0.3) is 11.0 Å². The van der Waals surface area contributed by atoms with Crippen molar-refractivity contribution in [1.82, 2.24) is 19.9 Å². The van der Waals surface area contributed by atoms with Crippen molar-refractivity contribution in [3.63, 3.8) is 0 Å². The fourth-order valence-corrected chi connectivity index (χ4v) is 4.88. The van der Waals surface area contributed by atoms with E-state index in [1.165, 1.54) is 0 Å². The Balaban J connectivity index is 1.37. The molecule has 33 heavy (non-hydrogen) atoms. The van der Waals surface area contributed by atoms with Crippen LogP contribution >= 0.6 is 0 Å². The number of amides is 1. The molecule has 2 aliphatic rings. The molecule has 0 spiro atoms. The number of aliphatic hydroxyl groups excluding tert-OH is 1. The topological polar surface area (TPSA) is 98.8 Å². The first kappa shape index (κ1) is 21.6. The van der Waals surface area contributed by atoms with Gasteiger partial charge in [0.25, 0.3) is 5.91 Å². The van der Waals surface area contributed by atoms with E-state index >= 15 is 0 Å². The number of hydrogen-bond donors (Lipinski definition) is 1. The highest BCUT2D eigenvalue weighted by atomic mass is 16.3.